The quantitative estimate of drug-likeness (QED) is 0.463. The number of carbonyl (C=O) groups excluding carboxylic acids is 2. The minimum atomic E-state index is -0.138. The lowest BCUT2D eigenvalue weighted by molar-refractivity contribution is 0.0862. The van der Waals surface area contributed by atoms with Crippen LogP contribution in [0.5, 0.6) is 11.5 Å². The van der Waals surface area contributed by atoms with Gasteiger partial charge in [-0.3, -0.25) is 9.59 Å². The van der Waals surface area contributed by atoms with E-state index in [1.54, 1.807) is 38.5 Å². The molecule has 2 N–H and O–H groups in total. The van der Waals surface area contributed by atoms with Crippen LogP contribution in [0.25, 0.3) is 0 Å². The number of hydrogen-bond acceptors (Lipinski definition) is 4. The van der Waals surface area contributed by atoms with Crippen LogP contribution in [0.3, 0.4) is 0 Å². The summed E-state index contributed by atoms with van der Waals surface area (Å²) >= 11 is 4.31. The highest BCUT2D eigenvalue weighted by atomic mass is 127. The molecular weight excluding hydrogens is 610 g/mol. The van der Waals surface area contributed by atoms with Gasteiger partial charge in [-0.25, -0.2) is 0 Å². The molecule has 0 bridgehead atoms. The summed E-state index contributed by atoms with van der Waals surface area (Å²) in [7, 11) is 3.22. The first-order chi connectivity index (χ1) is 14.4. The molecule has 3 rings (SSSR count). The van der Waals surface area contributed by atoms with Crippen LogP contribution in [0.1, 0.15) is 46.4 Å². The SMILES string of the molecule is COc1ccc(C(=O)N[C@H]2CCCC[C@H]2NC(=O)c2ccc(OC)c(I)c2)cc1I. The Morgan fingerprint density at radius 3 is 1.53 bits per heavy atom. The number of methoxy groups -OCH3 is 2. The van der Waals surface area contributed by atoms with E-state index in [9.17, 15) is 9.59 Å². The molecule has 30 heavy (non-hydrogen) atoms. The lowest BCUT2D eigenvalue weighted by Crippen LogP contribution is -2.53. The summed E-state index contributed by atoms with van der Waals surface area (Å²) in [6, 6.07) is 10.5. The molecule has 2 atom stereocenters. The van der Waals surface area contributed by atoms with Crippen molar-refractivity contribution < 1.29 is 19.1 Å². The van der Waals surface area contributed by atoms with Gasteiger partial charge in [0.15, 0.2) is 0 Å². The molecule has 0 saturated heterocycles. The Labute approximate surface area is 203 Å². The normalized spacial score (nSPS) is 18.4. The second-order valence-corrected chi connectivity index (χ2v) is 9.47. The average molecular weight is 634 g/mol. The molecule has 2 aromatic rings. The van der Waals surface area contributed by atoms with Crippen LogP contribution in [-0.4, -0.2) is 38.1 Å². The number of amides is 2. The number of nitrogens with one attached hydrogen (secondary N) is 2. The highest BCUT2D eigenvalue weighted by Crippen LogP contribution is 2.24. The Kier molecular flexibility index (Phi) is 8.20. The van der Waals surface area contributed by atoms with Crippen LogP contribution in [0, 0.1) is 7.14 Å². The molecule has 6 nitrogen and oxygen atoms in total. The van der Waals surface area contributed by atoms with E-state index in [0.717, 1.165) is 44.3 Å². The van der Waals surface area contributed by atoms with E-state index in [4.69, 9.17) is 9.47 Å². The number of benzene rings is 2. The van der Waals surface area contributed by atoms with E-state index in [1.165, 1.54) is 0 Å². The molecule has 0 spiro atoms. The van der Waals surface area contributed by atoms with Crippen LogP contribution in [0.15, 0.2) is 36.4 Å². The molecule has 0 radical (unpaired) electrons. The van der Waals surface area contributed by atoms with Crippen LogP contribution >= 0.6 is 45.2 Å². The second kappa shape index (κ2) is 10.7. The zero-order valence-corrected chi connectivity index (χ0v) is 21.2. The lowest BCUT2D eigenvalue weighted by atomic mass is 9.89. The molecule has 0 heterocycles. The summed E-state index contributed by atoms with van der Waals surface area (Å²) in [6.07, 6.45) is 3.73. The van der Waals surface area contributed by atoms with Gasteiger partial charge >= 0.3 is 0 Å². The zero-order chi connectivity index (χ0) is 21.7. The fourth-order valence-corrected chi connectivity index (χ4v) is 5.07. The molecule has 1 fully saturated rings. The third-order valence-corrected chi connectivity index (χ3v) is 6.91. The Balaban J connectivity index is 1.68. The van der Waals surface area contributed by atoms with Crippen LogP contribution in [0.2, 0.25) is 0 Å². The summed E-state index contributed by atoms with van der Waals surface area (Å²) in [5, 5.41) is 6.23. The topological polar surface area (TPSA) is 76.7 Å². The van der Waals surface area contributed by atoms with Crippen molar-refractivity contribution in [2.45, 2.75) is 37.8 Å². The predicted molar refractivity (Wildman–Crippen MR) is 132 cm³/mol. The molecule has 1 saturated carbocycles. The number of halogens is 2. The summed E-state index contributed by atoms with van der Waals surface area (Å²) in [5.74, 6) is 1.20. The molecule has 1 aliphatic carbocycles. The lowest BCUT2D eigenvalue weighted by Gasteiger charge is -2.33. The van der Waals surface area contributed by atoms with Crippen molar-refractivity contribution in [3.63, 3.8) is 0 Å². The zero-order valence-electron chi connectivity index (χ0n) is 16.8. The summed E-state index contributed by atoms with van der Waals surface area (Å²) in [6.45, 7) is 0. The van der Waals surface area contributed by atoms with Gasteiger partial charge in [-0.2, -0.15) is 0 Å². The van der Waals surface area contributed by atoms with Gasteiger partial charge in [-0.05, 0) is 94.4 Å². The van der Waals surface area contributed by atoms with Gasteiger partial charge in [0.05, 0.1) is 21.4 Å². The fourth-order valence-electron chi connectivity index (χ4n) is 3.60. The molecule has 8 heteroatoms. The predicted octanol–water partition coefficient (Wildman–Crippen LogP) is 4.38. The van der Waals surface area contributed by atoms with Crippen molar-refractivity contribution in [1.82, 2.24) is 10.6 Å². The highest BCUT2D eigenvalue weighted by Gasteiger charge is 2.28. The van der Waals surface area contributed by atoms with Gasteiger partial charge in [-0.1, -0.05) is 12.8 Å². The summed E-state index contributed by atoms with van der Waals surface area (Å²) < 4.78 is 12.3. The van der Waals surface area contributed by atoms with Gasteiger partial charge in [0.25, 0.3) is 11.8 Å². The molecular formula is C22H24I2N2O4. The van der Waals surface area contributed by atoms with Crippen molar-refractivity contribution in [3.8, 4) is 11.5 Å². The first-order valence-electron chi connectivity index (χ1n) is 9.71. The Hall–Kier alpha value is -1.56. The van der Waals surface area contributed by atoms with Crippen molar-refractivity contribution in [1.29, 1.82) is 0 Å². The van der Waals surface area contributed by atoms with E-state index in [0.29, 0.717) is 11.1 Å². The third-order valence-electron chi connectivity index (χ3n) is 5.23. The number of carbonyl (C=O) groups is 2. The van der Waals surface area contributed by atoms with Gasteiger partial charge < -0.3 is 20.1 Å². The third kappa shape index (κ3) is 5.57. The molecule has 1 aliphatic rings. The second-order valence-electron chi connectivity index (χ2n) is 7.14. The molecule has 0 aliphatic heterocycles. The maximum absolute atomic E-state index is 12.8. The average Bonchev–Trinajstić information content (AvgIpc) is 2.74. The van der Waals surface area contributed by atoms with E-state index in [1.807, 2.05) is 12.1 Å². The largest absolute Gasteiger partial charge is 0.496 e. The maximum atomic E-state index is 12.8. The Morgan fingerprint density at radius 1 is 0.800 bits per heavy atom. The fraction of sp³-hybridized carbons (Fsp3) is 0.364. The highest BCUT2D eigenvalue weighted by molar-refractivity contribution is 14.1. The van der Waals surface area contributed by atoms with E-state index < -0.39 is 0 Å². The molecule has 2 aromatic carbocycles. The molecule has 0 unspecified atom stereocenters. The van der Waals surface area contributed by atoms with Crippen molar-refractivity contribution in [2.24, 2.45) is 0 Å². The van der Waals surface area contributed by atoms with Gasteiger partial charge in [0, 0.05) is 23.2 Å². The molecule has 2 amide bonds. The summed E-state index contributed by atoms with van der Waals surface area (Å²) in [5.41, 5.74) is 1.17. The molecule has 160 valence electrons. The van der Waals surface area contributed by atoms with Gasteiger partial charge in [0.2, 0.25) is 0 Å². The maximum Gasteiger partial charge on any atom is 0.251 e. The van der Waals surface area contributed by atoms with Crippen molar-refractivity contribution in [3.05, 3.63) is 54.7 Å². The van der Waals surface area contributed by atoms with E-state index in [-0.39, 0.29) is 23.9 Å². The van der Waals surface area contributed by atoms with Crippen LogP contribution in [0.4, 0.5) is 0 Å². The summed E-state index contributed by atoms with van der Waals surface area (Å²) in [4.78, 5) is 25.6. The monoisotopic (exact) mass is 634 g/mol. The van der Waals surface area contributed by atoms with Gasteiger partial charge in [0.1, 0.15) is 11.5 Å². The number of rotatable bonds is 6. The minimum absolute atomic E-state index is 0.104. The Bertz CT molecular complexity index is 860. The molecule has 0 aromatic heterocycles. The van der Waals surface area contributed by atoms with Crippen molar-refractivity contribution >= 4 is 57.0 Å². The first-order valence-corrected chi connectivity index (χ1v) is 11.9. The van der Waals surface area contributed by atoms with E-state index >= 15 is 0 Å². The smallest absolute Gasteiger partial charge is 0.251 e. The van der Waals surface area contributed by atoms with E-state index in [2.05, 4.69) is 55.8 Å². The van der Waals surface area contributed by atoms with Crippen LogP contribution < -0.4 is 20.1 Å². The van der Waals surface area contributed by atoms with Crippen molar-refractivity contribution in [2.75, 3.05) is 14.2 Å². The number of ether oxygens (including phenoxy) is 2. The van der Waals surface area contributed by atoms with Crippen LogP contribution in [-0.2, 0) is 0 Å². The number of hydrogen-bond donors (Lipinski definition) is 2. The first kappa shape index (κ1) is 23.1. The van der Waals surface area contributed by atoms with Gasteiger partial charge in [-0.15, -0.1) is 0 Å². The standard InChI is InChI=1S/C22H24I2N2O4/c1-29-19-9-7-13(11-15(19)23)21(27)25-17-5-3-4-6-18(17)26-22(28)14-8-10-20(30-2)16(24)12-14/h7-12,17-18H,3-6H2,1-2H3,(H,25,27)(H,26,28)/t17-,18+. The minimum Gasteiger partial charge on any atom is -0.496 e. The Morgan fingerprint density at radius 2 is 1.20 bits per heavy atom.